The number of nitrogens with zero attached hydrogens (tertiary/aromatic N) is 1. The van der Waals surface area contributed by atoms with Gasteiger partial charge in [0, 0.05) is 4.47 Å². The molecule has 1 N–H and O–H groups in total. The largest absolute Gasteiger partial charge is 0.299 e. The number of nitriles is 1. The van der Waals surface area contributed by atoms with Crippen molar-refractivity contribution in [1.29, 1.82) is 5.26 Å². The maximum Gasteiger partial charge on any atom is 0.129 e. The van der Waals surface area contributed by atoms with E-state index in [9.17, 15) is 0 Å². The lowest BCUT2D eigenvalue weighted by molar-refractivity contribution is 0.518. The Morgan fingerprint density at radius 2 is 2.23 bits per heavy atom. The number of benzene rings is 1. The lowest BCUT2D eigenvalue weighted by atomic mass is 9.94. The second-order valence-electron chi connectivity index (χ2n) is 3.00. The van der Waals surface area contributed by atoms with Crippen molar-refractivity contribution in [3.8, 4) is 6.07 Å². The van der Waals surface area contributed by atoms with E-state index in [1.54, 1.807) is 7.05 Å². The van der Waals surface area contributed by atoms with Gasteiger partial charge in [0.1, 0.15) is 5.54 Å². The summed E-state index contributed by atoms with van der Waals surface area (Å²) in [5.74, 6) is 0. The van der Waals surface area contributed by atoms with Gasteiger partial charge in [-0.15, -0.1) is 0 Å². The maximum absolute atomic E-state index is 9.00. The molecule has 0 aromatic heterocycles. The van der Waals surface area contributed by atoms with Crippen LogP contribution in [0.3, 0.4) is 0 Å². The molecule has 68 valence electrons. The highest BCUT2D eigenvalue weighted by Crippen LogP contribution is 2.22. The molecule has 0 heterocycles. The summed E-state index contributed by atoms with van der Waals surface area (Å²) < 4.78 is 0.988. The first-order valence-electron chi connectivity index (χ1n) is 3.98. The van der Waals surface area contributed by atoms with E-state index < -0.39 is 5.54 Å². The Labute approximate surface area is 86.7 Å². The predicted molar refractivity (Wildman–Crippen MR) is 56.2 cm³/mol. The zero-order chi connectivity index (χ0) is 9.90. The molecule has 2 nitrogen and oxygen atoms in total. The van der Waals surface area contributed by atoms with Gasteiger partial charge in [0.05, 0.1) is 6.07 Å². The molecule has 1 rings (SSSR count). The van der Waals surface area contributed by atoms with Gasteiger partial charge < -0.3 is 0 Å². The fourth-order valence-corrected chi connectivity index (χ4v) is 1.46. The SMILES string of the molecule is CNC(C)(C#N)c1cccc(Br)c1. The minimum Gasteiger partial charge on any atom is -0.299 e. The van der Waals surface area contributed by atoms with Crippen molar-refractivity contribution in [1.82, 2.24) is 5.32 Å². The second-order valence-corrected chi connectivity index (χ2v) is 3.91. The highest BCUT2D eigenvalue weighted by Gasteiger charge is 2.23. The van der Waals surface area contributed by atoms with Crippen LogP contribution in [0, 0.1) is 11.3 Å². The number of halogens is 1. The minimum atomic E-state index is -0.607. The molecule has 1 aromatic carbocycles. The Hall–Kier alpha value is -0.850. The fourth-order valence-electron chi connectivity index (χ4n) is 1.06. The Bertz CT molecular complexity index is 343. The van der Waals surface area contributed by atoms with Gasteiger partial charge in [-0.25, -0.2) is 0 Å². The van der Waals surface area contributed by atoms with Crippen LogP contribution in [0.1, 0.15) is 12.5 Å². The molecule has 0 spiro atoms. The van der Waals surface area contributed by atoms with E-state index >= 15 is 0 Å². The van der Waals surface area contributed by atoms with E-state index in [0.29, 0.717) is 0 Å². The summed E-state index contributed by atoms with van der Waals surface area (Å²) >= 11 is 3.38. The number of hydrogen-bond acceptors (Lipinski definition) is 2. The molecule has 0 saturated carbocycles. The van der Waals surface area contributed by atoms with Crippen molar-refractivity contribution in [3.05, 3.63) is 34.3 Å². The zero-order valence-corrected chi connectivity index (χ0v) is 9.22. The van der Waals surface area contributed by atoms with Crippen molar-refractivity contribution < 1.29 is 0 Å². The van der Waals surface area contributed by atoms with Crippen LogP contribution in [0.15, 0.2) is 28.7 Å². The van der Waals surface area contributed by atoms with Crippen LogP contribution in [0.2, 0.25) is 0 Å². The average molecular weight is 239 g/mol. The van der Waals surface area contributed by atoms with E-state index in [-0.39, 0.29) is 0 Å². The first-order valence-corrected chi connectivity index (χ1v) is 4.78. The van der Waals surface area contributed by atoms with Crippen LogP contribution >= 0.6 is 15.9 Å². The minimum absolute atomic E-state index is 0.607. The van der Waals surface area contributed by atoms with Gasteiger partial charge in [0.15, 0.2) is 0 Å². The third-order valence-electron chi connectivity index (χ3n) is 2.13. The van der Waals surface area contributed by atoms with Crippen molar-refractivity contribution in [2.24, 2.45) is 0 Å². The molecule has 1 atom stereocenters. The summed E-state index contributed by atoms with van der Waals surface area (Å²) in [6, 6.07) is 9.98. The van der Waals surface area contributed by atoms with Crippen molar-refractivity contribution in [2.45, 2.75) is 12.5 Å². The third kappa shape index (κ3) is 2.09. The molecule has 0 amide bonds. The lowest BCUT2D eigenvalue weighted by Crippen LogP contribution is -2.34. The molecule has 0 aliphatic heterocycles. The normalized spacial score (nSPS) is 14.6. The second kappa shape index (κ2) is 3.91. The summed E-state index contributed by atoms with van der Waals surface area (Å²) in [5.41, 5.74) is 0.357. The summed E-state index contributed by atoms with van der Waals surface area (Å²) in [5, 5.41) is 12.0. The molecule has 3 heteroatoms. The van der Waals surface area contributed by atoms with Gasteiger partial charge in [0.2, 0.25) is 0 Å². The van der Waals surface area contributed by atoms with Gasteiger partial charge in [-0.1, -0.05) is 28.1 Å². The van der Waals surface area contributed by atoms with Crippen LogP contribution in [0.5, 0.6) is 0 Å². The molecule has 0 fully saturated rings. The Kier molecular flexibility index (Phi) is 3.07. The van der Waals surface area contributed by atoms with Gasteiger partial charge >= 0.3 is 0 Å². The highest BCUT2D eigenvalue weighted by atomic mass is 79.9. The van der Waals surface area contributed by atoms with Gasteiger partial charge in [-0.3, -0.25) is 5.32 Å². The Balaban J connectivity index is 3.14. The molecular formula is C10H11BrN2. The van der Waals surface area contributed by atoms with Crippen molar-refractivity contribution in [2.75, 3.05) is 7.05 Å². The molecule has 0 aliphatic carbocycles. The van der Waals surface area contributed by atoms with Gasteiger partial charge in [-0.05, 0) is 31.7 Å². The van der Waals surface area contributed by atoms with Crippen molar-refractivity contribution >= 4 is 15.9 Å². The maximum atomic E-state index is 9.00. The van der Waals surface area contributed by atoms with E-state index in [2.05, 4.69) is 27.3 Å². The standard InChI is InChI=1S/C10H11BrN2/c1-10(7-12,13-2)8-4-3-5-9(11)6-8/h3-6,13H,1-2H3. The van der Waals surface area contributed by atoms with Crippen LogP contribution in [0.4, 0.5) is 0 Å². The number of nitrogens with one attached hydrogen (secondary N) is 1. The summed E-state index contributed by atoms with van der Waals surface area (Å²) in [6.45, 7) is 1.86. The lowest BCUT2D eigenvalue weighted by Gasteiger charge is -2.21. The van der Waals surface area contributed by atoms with Crippen molar-refractivity contribution in [3.63, 3.8) is 0 Å². The molecule has 0 radical (unpaired) electrons. The third-order valence-corrected chi connectivity index (χ3v) is 2.62. The summed E-state index contributed by atoms with van der Waals surface area (Å²) in [7, 11) is 1.78. The van der Waals surface area contributed by atoms with E-state index in [0.717, 1.165) is 10.0 Å². The first kappa shape index (κ1) is 10.2. The Morgan fingerprint density at radius 3 is 2.69 bits per heavy atom. The summed E-state index contributed by atoms with van der Waals surface area (Å²) in [4.78, 5) is 0. The zero-order valence-electron chi connectivity index (χ0n) is 7.63. The number of hydrogen-bond donors (Lipinski definition) is 1. The average Bonchev–Trinajstić information content (AvgIpc) is 2.17. The fraction of sp³-hybridized carbons (Fsp3) is 0.300. The Morgan fingerprint density at radius 1 is 1.54 bits per heavy atom. The molecule has 0 saturated heterocycles. The smallest absolute Gasteiger partial charge is 0.129 e. The molecule has 0 bridgehead atoms. The molecule has 1 aromatic rings. The van der Waals surface area contributed by atoms with Crippen LogP contribution in [-0.2, 0) is 5.54 Å². The predicted octanol–water partition coefficient (Wildman–Crippen LogP) is 2.41. The topological polar surface area (TPSA) is 35.8 Å². The quantitative estimate of drug-likeness (QED) is 0.860. The molecule has 13 heavy (non-hydrogen) atoms. The van der Waals surface area contributed by atoms with Crippen LogP contribution < -0.4 is 5.32 Å². The molecular weight excluding hydrogens is 228 g/mol. The van der Waals surface area contributed by atoms with Gasteiger partial charge in [0.25, 0.3) is 0 Å². The number of rotatable bonds is 2. The molecule has 1 unspecified atom stereocenters. The van der Waals surface area contributed by atoms with E-state index in [1.165, 1.54) is 0 Å². The van der Waals surface area contributed by atoms with Crippen LogP contribution in [-0.4, -0.2) is 7.05 Å². The van der Waals surface area contributed by atoms with Crippen LogP contribution in [0.25, 0.3) is 0 Å². The first-order chi connectivity index (χ1) is 6.12. The monoisotopic (exact) mass is 238 g/mol. The van der Waals surface area contributed by atoms with E-state index in [1.807, 2.05) is 31.2 Å². The van der Waals surface area contributed by atoms with E-state index in [4.69, 9.17) is 5.26 Å². The molecule has 0 aliphatic rings. The van der Waals surface area contributed by atoms with Gasteiger partial charge in [-0.2, -0.15) is 5.26 Å². The highest BCUT2D eigenvalue weighted by molar-refractivity contribution is 9.10. The summed E-state index contributed by atoms with van der Waals surface area (Å²) in [6.07, 6.45) is 0.